The van der Waals surface area contributed by atoms with Crippen molar-refractivity contribution in [1.29, 1.82) is 0 Å². The lowest BCUT2D eigenvalue weighted by molar-refractivity contribution is -0.138. The van der Waals surface area contributed by atoms with Crippen LogP contribution in [0.2, 0.25) is 0 Å². The van der Waals surface area contributed by atoms with E-state index < -0.39 is 41.3 Å². The summed E-state index contributed by atoms with van der Waals surface area (Å²) in [4.78, 5) is 2.72. The summed E-state index contributed by atoms with van der Waals surface area (Å²) in [5.74, 6) is -2.42. The summed E-state index contributed by atoms with van der Waals surface area (Å²) in [6.07, 6.45) is -8.22. The van der Waals surface area contributed by atoms with Crippen LogP contribution in [0.15, 0.2) is 6.07 Å². The van der Waals surface area contributed by atoms with Gasteiger partial charge in [-0.3, -0.25) is 0 Å². The van der Waals surface area contributed by atoms with Gasteiger partial charge in [0, 0.05) is 5.56 Å². The topological polar surface area (TPSA) is 12.9 Å². The summed E-state index contributed by atoms with van der Waals surface area (Å²) < 4.78 is 74.3. The number of alkyl halides is 6. The Balaban J connectivity index is 3.43. The SMILES string of the molecule is Fc1nc(C(F)F)cc(C(F)(F)F)c1CCl. The Morgan fingerprint density at radius 1 is 1.31 bits per heavy atom. The van der Waals surface area contributed by atoms with Crippen LogP contribution in [0.4, 0.5) is 26.3 Å². The van der Waals surface area contributed by atoms with Crippen LogP contribution >= 0.6 is 11.6 Å². The molecule has 0 radical (unpaired) electrons. The molecule has 1 heterocycles. The third kappa shape index (κ3) is 2.58. The minimum atomic E-state index is -4.95. The first-order valence-electron chi connectivity index (χ1n) is 3.88. The van der Waals surface area contributed by atoms with Gasteiger partial charge in [0.15, 0.2) is 0 Å². The molecule has 0 aliphatic carbocycles. The molecule has 1 aromatic rings. The van der Waals surface area contributed by atoms with Crippen molar-refractivity contribution in [1.82, 2.24) is 4.98 Å². The molecule has 0 aliphatic rings. The summed E-state index contributed by atoms with van der Waals surface area (Å²) in [7, 11) is 0. The monoisotopic (exact) mass is 263 g/mol. The number of aromatic nitrogens is 1. The molecular formula is C8H4ClF6N. The number of hydrogen-bond acceptors (Lipinski definition) is 1. The smallest absolute Gasteiger partial charge is 0.218 e. The van der Waals surface area contributed by atoms with Gasteiger partial charge in [0.1, 0.15) is 5.69 Å². The molecule has 0 aromatic carbocycles. The molecule has 0 unspecified atom stereocenters. The van der Waals surface area contributed by atoms with Crippen molar-refractivity contribution in [2.24, 2.45) is 0 Å². The molecule has 0 fully saturated rings. The lowest BCUT2D eigenvalue weighted by atomic mass is 10.1. The van der Waals surface area contributed by atoms with Crippen LogP contribution in [-0.2, 0) is 12.1 Å². The van der Waals surface area contributed by atoms with Crippen LogP contribution in [0.25, 0.3) is 0 Å². The number of halogens is 7. The lowest BCUT2D eigenvalue weighted by Crippen LogP contribution is -2.13. The maximum atomic E-state index is 13.0. The molecule has 0 saturated carbocycles. The number of nitrogens with zero attached hydrogens (tertiary/aromatic N) is 1. The van der Waals surface area contributed by atoms with Crippen LogP contribution in [0.1, 0.15) is 23.2 Å². The summed E-state index contributed by atoms with van der Waals surface area (Å²) in [6.45, 7) is 0. The number of pyridine rings is 1. The van der Waals surface area contributed by atoms with Gasteiger partial charge in [-0.15, -0.1) is 11.6 Å². The molecule has 8 heteroatoms. The second-order valence-electron chi connectivity index (χ2n) is 2.80. The van der Waals surface area contributed by atoms with E-state index in [2.05, 4.69) is 4.98 Å². The van der Waals surface area contributed by atoms with E-state index in [0.29, 0.717) is 0 Å². The van der Waals surface area contributed by atoms with Crippen molar-refractivity contribution in [2.75, 3.05) is 0 Å². The molecule has 0 saturated heterocycles. The predicted octanol–water partition coefficient (Wildman–Crippen LogP) is 3.92. The largest absolute Gasteiger partial charge is 0.416 e. The van der Waals surface area contributed by atoms with Gasteiger partial charge in [-0.05, 0) is 6.07 Å². The second kappa shape index (κ2) is 4.48. The van der Waals surface area contributed by atoms with Gasteiger partial charge in [-0.1, -0.05) is 0 Å². The molecular weight excluding hydrogens is 260 g/mol. The molecule has 0 spiro atoms. The van der Waals surface area contributed by atoms with Crippen molar-refractivity contribution in [3.63, 3.8) is 0 Å². The van der Waals surface area contributed by atoms with Crippen molar-refractivity contribution < 1.29 is 26.3 Å². The molecule has 1 aromatic heterocycles. The minimum absolute atomic E-state index is 0.103. The van der Waals surface area contributed by atoms with Crippen LogP contribution in [-0.4, -0.2) is 4.98 Å². The first-order valence-corrected chi connectivity index (χ1v) is 4.41. The quantitative estimate of drug-likeness (QED) is 0.448. The highest BCUT2D eigenvalue weighted by molar-refractivity contribution is 6.17. The van der Waals surface area contributed by atoms with E-state index >= 15 is 0 Å². The van der Waals surface area contributed by atoms with E-state index in [1.54, 1.807) is 0 Å². The van der Waals surface area contributed by atoms with E-state index in [9.17, 15) is 26.3 Å². The van der Waals surface area contributed by atoms with Gasteiger partial charge in [0.05, 0.1) is 11.4 Å². The first-order chi connectivity index (χ1) is 7.27. The summed E-state index contributed by atoms with van der Waals surface area (Å²) >= 11 is 5.11. The first kappa shape index (κ1) is 13.1. The maximum absolute atomic E-state index is 13.0. The normalized spacial score (nSPS) is 12.2. The molecule has 16 heavy (non-hydrogen) atoms. The van der Waals surface area contributed by atoms with E-state index in [4.69, 9.17) is 11.6 Å². The molecule has 0 aliphatic heterocycles. The third-order valence-electron chi connectivity index (χ3n) is 1.76. The highest BCUT2D eigenvalue weighted by Crippen LogP contribution is 2.35. The van der Waals surface area contributed by atoms with Gasteiger partial charge in [-0.2, -0.15) is 17.6 Å². The van der Waals surface area contributed by atoms with Crippen LogP contribution in [0.5, 0.6) is 0 Å². The highest BCUT2D eigenvalue weighted by atomic mass is 35.5. The number of hydrogen-bond donors (Lipinski definition) is 0. The average Bonchev–Trinajstić information content (AvgIpc) is 2.14. The number of rotatable bonds is 2. The molecule has 90 valence electrons. The Morgan fingerprint density at radius 3 is 2.25 bits per heavy atom. The van der Waals surface area contributed by atoms with E-state index in [1.165, 1.54) is 0 Å². The molecule has 0 bridgehead atoms. The summed E-state index contributed by atoms with van der Waals surface area (Å²) in [6, 6.07) is 0.103. The third-order valence-corrected chi connectivity index (χ3v) is 2.02. The Labute approximate surface area is 91.0 Å². The highest BCUT2D eigenvalue weighted by Gasteiger charge is 2.36. The van der Waals surface area contributed by atoms with Crippen molar-refractivity contribution in [2.45, 2.75) is 18.5 Å². The fourth-order valence-electron chi connectivity index (χ4n) is 1.05. The summed E-state index contributed by atoms with van der Waals surface area (Å²) in [5.41, 5.74) is -3.72. The van der Waals surface area contributed by atoms with Crippen LogP contribution in [0.3, 0.4) is 0 Å². The molecule has 0 N–H and O–H groups in total. The maximum Gasteiger partial charge on any atom is 0.416 e. The van der Waals surface area contributed by atoms with E-state index in [-0.39, 0.29) is 6.07 Å². The van der Waals surface area contributed by atoms with Gasteiger partial charge >= 0.3 is 6.18 Å². The lowest BCUT2D eigenvalue weighted by Gasteiger charge is -2.12. The van der Waals surface area contributed by atoms with Gasteiger partial charge in [0.25, 0.3) is 6.43 Å². The van der Waals surface area contributed by atoms with Gasteiger partial charge in [-0.25, -0.2) is 13.8 Å². The fraction of sp³-hybridized carbons (Fsp3) is 0.375. The average molecular weight is 264 g/mol. The Hall–Kier alpha value is -0.980. The van der Waals surface area contributed by atoms with Crippen LogP contribution in [0, 0.1) is 5.95 Å². The zero-order chi connectivity index (χ0) is 12.5. The minimum Gasteiger partial charge on any atom is -0.218 e. The van der Waals surface area contributed by atoms with Crippen LogP contribution < -0.4 is 0 Å². The molecule has 1 nitrogen and oxygen atoms in total. The Kier molecular flexibility index (Phi) is 3.67. The molecule has 0 atom stereocenters. The molecule has 0 amide bonds. The zero-order valence-corrected chi connectivity index (χ0v) is 8.21. The zero-order valence-electron chi connectivity index (χ0n) is 7.45. The van der Waals surface area contributed by atoms with Crippen molar-refractivity contribution >= 4 is 11.6 Å². The fourth-order valence-corrected chi connectivity index (χ4v) is 1.31. The van der Waals surface area contributed by atoms with E-state index in [0.717, 1.165) is 0 Å². The summed E-state index contributed by atoms with van der Waals surface area (Å²) in [5, 5.41) is 0. The predicted molar refractivity (Wildman–Crippen MR) is 43.7 cm³/mol. The standard InChI is InChI=1S/C8H4ClF6N/c9-2-3-4(8(13,14)15)1-5(6(10)11)16-7(3)12/h1,6H,2H2. The van der Waals surface area contributed by atoms with Gasteiger partial charge in [0.2, 0.25) is 5.95 Å². The Bertz CT molecular complexity index is 389. The second-order valence-corrected chi connectivity index (χ2v) is 3.06. The molecule has 1 rings (SSSR count). The van der Waals surface area contributed by atoms with E-state index in [1.807, 2.05) is 0 Å². The Morgan fingerprint density at radius 2 is 1.88 bits per heavy atom. The van der Waals surface area contributed by atoms with Crippen molar-refractivity contribution in [3.05, 3.63) is 28.8 Å². The van der Waals surface area contributed by atoms with Crippen molar-refractivity contribution in [3.8, 4) is 0 Å². The van der Waals surface area contributed by atoms with Gasteiger partial charge < -0.3 is 0 Å².